The second-order valence-corrected chi connectivity index (χ2v) is 4.29. The van der Waals surface area contributed by atoms with Crippen LogP contribution in [0.2, 0.25) is 0 Å². The van der Waals surface area contributed by atoms with Gasteiger partial charge in [0.15, 0.2) is 0 Å². The summed E-state index contributed by atoms with van der Waals surface area (Å²) < 4.78 is 26.9. The third kappa shape index (κ3) is 2.22. The van der Waals surface area contributed by atoms with Gasteiger partial charge in [-0.1, -0.05) is 6.07 Å². The minimum absolute atomic E-state index is 0.0775. The van der Waals surface area contributed by atoms with Crippen molar-refractivity contribution < 1.29 is 8.78 Å². The van der Waals surface area contributed by atoms with Crippen LogP contribution in [0.25, 0.3) is 0 Å². The van der Waals surface area contributed by atoms with Gasteiger partial charge in [-0.2, -0.15) is 11.3 Å². The summed E-state index contributed by atoms with van der Waals surface area (Å²) in [5, 5.41) is 6.86. The van der Waals surface area contributed by atoms with Crippen LogP contribution in [0.3, 0.4) is 0 Å². The number of rotatable bonds is 3. The van der Waals surface area contributed by atoms with Gasteiger partial charge in [-0.05, 0) is 30.5 Å². The monoisotopic (exact) mass is 239 g/mol. The SMILES string of the molecule is CC(Nc1ccsc1)c1c(F)cccc1F. The highest BCUT2D eigenvalue weighted by molar-refractivity contribution is 7.08. The van der Waals surface area contributed by atoms with Gasteiger partial charge in [-0.3, -0.25) is 0 Å². The van der Waals surface area contributed by atoms with Crippen LogP contribution in [0.4, 0.5) is 14.5 Å². The van der Waals surface area contributed by atoms with E-state index < -0.39 is 17.7 Å². The molecule has 0 aliphatic rings. The van der Waals surface area contributed by atoms with Crippen molar-refractivity contribution in [2.75, 3.05) is 5.32 Å². The largest absolute Gasteiger partial charge is 0.378 e. The van der Waals surface area contributed by atoms with E-state index in [0.717, 1.165) is 5.69 Å². The maximum Gasteiger partial charge on any atom is 0.131 e. The average molecular weight is 239 g/mol. The molecule has 0 fully saturated rings. The van der Waals surface area contributed by atoms with E-state index in [4.69, 9.17) is 0 Å². The molecule has 1 aromatic heterocycles. The molecule has 84 valence electrons. The predicted octanol–water partition coefficient (Wildman–Crippen LogP) is 4.20. The topological polar surface area (TPSA) is 12.0 Å². The van der Waals surface area contributed by atoms with Gasteiger partial charge in [-0.25, -0.2) is 8.78 Å². The first-order chi connectivity index (χ1) is 7.68. The lowest BCUT2D eigenvalue weighted by atomic mass is 10.1. The zero-order valence-electron chi connectivity index (χ0n) is 8.71. The first-order valence-corrected chi connectivity index (χ1v) is 5.85. The molecular weight excluding hydrogens is 228 g/mol. The summed E-state index contributed by atoms with van der Waals surface area (Å²) in [4.78, 5) is 0. The van der Waals surface area contributed by atoms with Gasteiger partial charge in [0, 0.05) is 16.6 Å². The average Bonchev–Trinajstić information content (AvgIpc) is 2.70. The first-order valence-electron chi connectivity index (χ1n) is 4.91. The van der Waals surface area contributed by atoms with Crippen LogP contribution in [0, 0.1) is 11.6 Å². The van der Waals surface area contributed by atoms with Gasteiger partial charge in [0.05, 0.1) is 6.04 Å². The Morgan fingerprint density at radius 1 is 1.19 bits per heavy atom. The third-order valence-corrected chi connectivity index (χ3v) is 3.02. The minimum atomic E-state index is -0.518. The number of halogens is 2. The molecule has 0 spiro atoms. The van der Waals surface area contributed by atoms with Crippen molar-refractivity contribution in [1.82, 2.24) is 0 Å². The molecule has 0 aliphatic heterocycles. The number of hydrogen-bond acceptors (Lipinski definition) is 2. The van der Waals surface area contributed by atoms with E-state index in [1.165, 1.54) is 29.5 Å². The van der Waals surface area contributed by atoms with Crippen LogP contribution in [-0.4, -0.2) is 0 Å². The number of nitrogens with one attached hydrogen (secondary N) is 1. The van der Waals surface area contributed by atoms with Gasteiger partial charge >= 0.3 is 0 Å². The molecule has 0 aliphatic carbocycles. The normalized spacial score (nSPS) is 12.4. The van der Waals surface area contributed by atoms with Crippen molar-refractivity contribution in [3.05, 3.63) is 52.2 Å². The fourth-order valence-corrected chi connectivity index (χ4v) is 2.19. The Bertz CT molecular complexity index is 448. The lowest BCUT2D eigenvalue weighted by Crippen LogP contribution is -2.10. The van der Waals surface area contributed by atoms with E-state index in [-0.39, 0.29) is 5.56 Å². The van der Waals surface area contributed by atoms with Crippen LogP contribution in [-0.2, 0) is 0 Å². The fourth-order valence-electron chi connectivity index (χ4n) is 1.59. The summed E-state index contributed by atoms with van der Waals surface area (Å²) in [6.45, 7) is 1.74. The molecule has 0 bridgehead atoms. The van der Waals surface area contributed by atoms with E-state index in [0.29, 0.717) is 0 Å². The number of thiophene rings is 1. The number of benzene rings is 1. The Hall–Kier alpha value is -1.42. The third-order valence-electron chi connectivity index (χ3n) is 2.34. The van der Waals surface area contributed by atoms with Crippen molar-refractivity contribution in [3.8, 4) is 0 Å². The van der Waals surface area contributed by atoms with Crippen LogP contribution < -0.4 is 5.32 Å². The molecule has 0 amide bonds. The second kappa shape index (κ2) is 4.61. The zero-order valence-corrected chi connectivity index (χ0v) is 9.52. The fraction of sp³-hybridized carbons (Fsp3) is 0.167. The van der Waals surface area contributed by atoms with Gasteiger partial charge in [0.1, 0.15) is 11.6 Å². The summed E-state index contributed by atoms with van der Waals surface area (Å²) in [5.41, 5.74) is 0.953. The molecule has 4 heteroatoms. The van der Waals surface area contributed by atoms with Crippen molar-refractivity contribution in [2.45, 2.75) is 13.0 Å². The minimum Gasteiger partial charge on any atom is -0.378 e. The van der Waals surface area contributed by atoms with E-state index in [1.54, 1.807) is 6.92 Å². The smallest absolute Gasteiger partial charge is 0.131 e. The molecule has 2 rings (SSSR count). The summed E-state index contributed by atoms with van der Waals surface area (Å²) >= 11 is 1.54. The molecule has 0 radical (unpaired) electrons. The Kier molecular flexibility index (Phi) is 3.19. The van der Waals surface area contributed by atoms with Crippen LogP contribution >= 0.6 is 11.3 Å². The summed E-state index contributed by atoms with van der Waals surface area (Å²) in [6.07, 6.45) is 0. The Morgan fingerprint density at radius 3 is 2.44 bits per heavy atom. The van der Waals surface area contributed by atoms with Crippen molar-refractivity contribution in [1.29, 1.82) is 0 Å². The quantitative estimate of drug-likeness (QED) is 0.846. The van der Waals surface area contributed by atoms with Crippen molar-refractivity contribution in [3.63, 3.8) is 0 Å². The molecule has 16 heavy (non-hydrogen) atoms. The second-order valence-electron chi connectivity index (χ2n) is 3.51. The van der Waals surface area contributed by atoms with Gasteiger partial charge < -0.3 is 5.32 Å². The van der Waals surface area contributed by atoms with Crippen molar-refractivity contribution >= 4 is 17.0 Å². The van der Waals surface area contributed by atoms with E-state index in [1.807, 2.05) is 16.8 Å². The molecule has 1 atom stereocenters. The lowest BCUT2D eigenvalue weighted by Gasteiger charge is -2.15. The molecular formula is C12H11F2NS. The van der Waals surface area contributed by atoms with E-state index in [9.17, 15) is 8.78 Å². The van der Waals surface area contributed by atoms with Crippen LogP contribution in [0.15, 0.2) is 35.0 Å². The van der Waals surface area contributed by atoms with Crippen LogP contribution in [0.5, 0.6) is 0 Å². The van der Waals surface area contributed by atoms with E-state index in [2.05, 4.69) is 5.32 Å². The maximum absolute atomic E-state index is 13.5. The van der Waals surface area contributed by atoms with Gasteiger partial charge in [0.25, 0.3) is 0 Å². The summed E-state index contributed by atoms with van der Waals surface area (Å²) in [5.74, 6) is -1.04. The van der Waals surface area contributed by atoms with Gasteiger partial charge in [0.2, 0.25) is 0 Å². The lowest BCUT2D eigenvalue weighted by molar-refractivity contribution is 0.544. The molecule has 1 heterocycles. The maximum atomic E-state index is 13.5. The zero-order chi connectivity index (χ0) is 11.5. The summed E-state index contributed by atoms with van der Waals surface area (Å²) in [6, 6.07) is 5.38. The highest BCUT2D eigenvalue weighted by atomic mass is 32.1. The van der Waals surface area contributed by atoms with Gasteiger partial charge in [-0.15, -0.1) is 0 Å². The Morgan fingerprint density at radius 2 is 1.88 bits per heavy atom. The first kappa shape index (κ1) is 11.1. The van der Waals surface area contributed by atoms with Crippen LogP contribution in [0.1, 0.15) is 18.5 Å². The molecule has 1 unspecified atom stereocenters. The molecule has 1 N–H and O–H groups in total. The molecule has 1 aromatic carbocycles. The van der Waals surface area contributed by atoms with E-state index >= 15 is 0 Å². The summed E-state index contributed by atoms with van der Waals surface area (Å²) in [7, 11) is 0. The predicted molar refractivity (Wildman–Crippen MR) is 62.7 cm³/mol. The Labute approximate surface area is 96.7 Å². The standard InChI is InChI=1S/C12H11F2NS/c1-8(15-9-5-6-16-7-9)12-10(13)3-2-4-11(12)14/h2-8,15H,1H3. The molecule has 0 saturated carbocycles. The number of hydrogen-bond donors (Lipinski definition) is 1. The molecule has 2 aromatic rings. The highest BCUT2D eigenvalue weighted by Crippen LogP contribution is 2.25. The Balaban J connectivity index is 2.24. The highest BCUT2D eigenvalue weighted by Gasteiger charge is 2.15. The number of anilines is 1. The molecule has 1 nitrogen and oxygen atoms in total. The molecule has 0 saturated heterocycles. The van der Waals surface area contributed by atoms with Crippen molar-refractivity contribution in [2.24, 2.45) is 0 Å².